The molecule has 236 valence electrons. The Morgan fingerprint density at radius 3 is 2.37 bits per heavy atom. The van der Waals surface area contributed by atoms with Crippen molar-refractivity contribution in [2.24, 2.45) is 0 Å². The number of benzene rings is 1. The number of carbonyl (C=O) groups is 1. The second-order valence-corrected chi connectivity index (χ2v) is 13.7. The van der Waals surface area contributed by atoms with E-state index in [0.29, 0.717) is 31.1 Å². The molecule has 1 aromatic carbocycles. The van der Waals surface area contributed by atoms with Gasteiger partial charge in [0, 0.05) is 60.5 Å². The monoisotopic (exact) mass is 657 g/mol. The Morgan fingerprint density at radius 2 is 1.65 bits per heavy atom. The van der Waals surface area contributed by atoms with Gasteiger partial charge in [0.25, 0.3) is 0 Å². The zero-order valence-electron chi connectivity index (χ0n) is 25.7. The van der Waals surface area contributed by atoms with E-state index in [1.54, 1.807) is 54.1 Å². The van der Waals surface area contributed by atoms with E-state index in [-0.39, 0.29) is 5.75 Å². The van der Waals surface area contributed by atoms with Crippen LogP contribution in [0.3, 0.4) is 0 Å². The molecule has 2 N–H and O–H groups in total. The lowest BCUT2D eigenvalue weighted by molar-refractivity contribution is 0.0183. The maximum absolute atomic E-state index is 14.5. The molecule has 0 bridgehead atoms. The highest BCUT2D eigenvalue weighted by atomic mass is 32.1. The number of amides is 1. The molecule has 0 radical (unpaired) electrons. The average molecular weight is 658 g/mol. The van der Waals surface area contributed by atoms with Crippen LogP contribution in [0.5, 0.6) is 11.5 Å². The zero-order valence-corrected chi connectivity index (χ0v) is 27.4. The number of ether oxygens (including phenoxy) is 3. The highest BCUT2D eigenvalue weighted by Gasteiger charge is 2.23. The second-order valence-electron chi connectivity index (χ2n) is 11.6. The molecule has 0 unspecified atom stereocenters. The van der Waals surface area contributed by atoms with Crippen molar-refractivity contribution in [3.05, 3.63) is 84.6 Å². The Labute approximate surface area is 273 Å². The molecular weight excluding hydrogens is 626 g/mol. The average Bonchev–Trinajstić information content (AvgIpc) is 3.65. The lowest BCUT2D eigenvalue weighted by Gasteiger charge is -2.27. The Morgan fingerprint density at radius 1 is 0.913 bits per heavy atom. The molecule has 0 aliphatic heterocycles. The Kier molecular flexibility index (Phi) is 8.85. The third-order valence-electron chi connectivity index (χ3n) is 6.90. The van der Waals surface area contributed by atoms with E-state index < -0.39 is 17.5 Å². The summed E-state index contributed by atoms with van der Waals surface area (Å²) in [5.74, 6) is 0.0764. The van der Waals surface area contributed by atoms with Gasteiger partial charge in [0.15, 0.2) is 11.6 Å². The van der Waals surface area contributed by atoms with Crippen LogP contribution in [0, 0.1) is 5.82 Å². The number of nitrogens with zero attached hydrogens (tertiary/aromatic N) is 4. The summed E-state index contributed by atoms with van der Waals surface area (Å²) in [6.45, 7) is 6.67. The number of thiophene rings is 2. The summed E-state index contributed by atoms with van der Waals surface area (Å²) in [6.07, 6.45) is 4.81. The van der Waals surface area contributed by atoms with Gasteiger partial charge in [-0.3, -0.25) is 15.0 Å². The SMILES string of the molecule is COCCN(Cc1ccc(-c2cc3nccc(-c4cc5nccc(Oc6ccc(N)cc6F)c5s4)c3s2)nc1)C(=O)OC(C)(C)C. The summed E-state index contributed by atoms with van der Waals surface area (Å²) >= 11 is 3.12. The fourth-order valence-corrected chi connectivity index (χ4v) is 7.03. The highest BCUT2D eigenvalue weighted by molar-refractivity contribution is 7.25. The Balaban J connectivity index is 1.26. The molecule has 0 atom stereocenters. The molecule has 12 heteroatoms. The molecule has 0 aliphatic carbocycles. The fraction of sp³-hybridized carbons (Fsp3) is 0.235. The molecule has 0 saturated heterocycles. The van der Waals surface area contributed by atoms with Gasteiger partial charge in [-0.1, -0.05) is 6.07 Å². The summed E-state index contributed by atoms with van der Waals surface area (Å²) in [5, 5.41) is 0. The van der Waals surface area contributed by atoms with Gasteiger partial charge in [-0.25, -0.2) is 9.18 Å². The number of anilines is 1. The van der Waals surface area contributed by atoms with Crippen molar-refractivity contribution in [2.75, 3.05) is 26.0 Å². The summed E-state index contributed by atoms with van der Waals surface area (Å²) in [4.78, 5) is 30.2. The van der Waals surface area contributed by atoms with Gasteiger partial charge < -0.3 is 24.8 Å². The van der Waals surface area contributed by atoms with Gasteiger partial charge >= 0.3 is 6.09 Å². The van der Waals surface area contributed by atoms with Gasteiger partial charge in [0.1, 0.15) is 11.4 Å². The first-order valence-corrected chi connectivity index (χ1v) is 16.1. The van der Waals surface area contributed by atoms with Crippen molar-refractivity contribution in [1.29, 1.82) is 0 Å². The number of hydrogen-bond acceptors (Lipinski definition) is 10. The van der Waals surface area contributed by atoms with Crippen LogP contribution < -0.4 is 10.5 Å². The van der Waals surface area contributed by atoms with Crippen molar-refractivity contribution >= 4 is 54.9 Å². The number of nitrogen functional groups attached to an aromatic ring is 1. The minimum Gasteiger partial charge on any atom is -0.453 e. The van der Waals surface area contributed by atoms with Crippen molar-refractivity contribution in [2.45, 2.75) is 32.9 Å². The number of aromatic nitrogens is 3. The fourth-order valence-electron chi connectivity index (χ4n) is 4.75. The first kappa shape index (κ1) is 31.3. The van der Waals surface area contributed by atoms with E-state index >= 15 is 0 Å². The molecule has 5 heterocycles. The maximum atomic E-state index is 14.5. The molecule has 6 rings (SSSR count). The zero-order chi connectivity index (χ0) is 32.4. The number of pyridine rings is 3. The molecular formula is C34H32FN5O4S2. The standard InChI is InChI=1S/C34H32FN5O4S2/c1-34(2,3)44-33(41)40(13-14-42-4)19-20-5-7-24(39-18-20)30-17-25-31(46-30)22(9-11-37-25)29-16-26-32(45-29)28(10-12-38-26)43-27-8-6-21(36)15-23(27)35/h5-12,15-18H,13-14,19,36H2,1-4H3. The molecule has 0 fully saturated rings. The number of hydrogen-bond donors (Lipinski definition) is 1. The number of methoxy groups -OCH3 is 1. The largest absolute Gasteiger partial charge is 0.453 e. The van der Waals surface area contributed by atoms with Crippen LogP contribution in [-0.2, 0) is 16.0 Å². The number of nitrogens with two attached hydrogens (primary N) is 1. The second kappa shape index (κ2) is 13.0. The predicted octanol–water partition coefficient (Wildman–Crippen LogP) is 8.53. The predicted molar refractivity (Wildman–Crippen MR) is 181 cm³/mol. The lowest BCUT2D eigenvalue weighted by Crippen LogP contribution is -2.38. The van der Waals surface area contributed by atoms with E-state index in [1.807, 2.05) is 51.1 Å². The van der Waals surface area contributed by atoms with Gasteiger partial charge in [-0.15, -0.1) is 22.7 Å². The number of rotatable bonds is 9. The normalized spacial score (nSPS) is 11.7. The van der Waals surface area contributed by atoms with Crippen LogP contribution in [0.4, 0.5) is 14.9 Å². The van der Waals surface area contributed by atoms with Crippen molar-refractivity contribution < 1.29 is 23.4 Å². The van der Waals surface area contributed by atoms with Gasteiger partial charge in [0.05, 0.1) is 44.2 Å². The lowest BCUT2D eigenvalue weighted by atomic mass is 10.2. The third kappa shape index (κ3) is 6.94. The van der Waals surface area contributed by atoms with Crippen LogP contribution in [0.1, 0.15) is 26.3 Å². The van der Waals surface area contributed by atoms with E-state index in [4.69, 9.17) is 24.9 Å². The van der Waals surface area contributed by atoms with Crippen molar-refractivity contribution in [3.8, 4) is 32.5 Å². The third-order valence-corrected chi connectivity index (χ3v) is 9.25. The number of carbonyl (C=O) groups excluding carboxylic acids is 1. The van der Waals surface area contributed by atoms with E-state index in [0.717, 1.165) is 47.0 Å². The molecule has 46 heavy (non-hydrogen) atoms. The quantitative estimate of drug-likeness (QED) is 0.154. The minimum atomic E-state index is -0.599. The Hall–Kier alpha value is -4.65. The van der Waals surface area contributed by atoms with Crippen LogP contribution >= 0.6 is 22.7 Å². The smallest absolute Gasteiger partial charge is 0.410 e. The van der Waals surface area contributed by atoms with Crippen LogP contribution in [0.25, 0.3) is 41.4 Å². The van der Waals surface area contributed by atoms with E-state index in [2.05, 4.69) is 9.97 Å². The summed E-state index contributed by atoms with van der Waals surface area (Å²) in [6, 6.07) is 16.0. The van der Waals surface area contributed by atoms with E-state index in [9.17, 15) is 9.18 Å². The van der Waals surface area contributed by atoms with Crippen molar-refractivity contribution in [1.82, 2.24) is 19.9 Å². The molecule has 5 aromatic heterocycles. The maximum Gasteiger partial charge on any atom is 0.410 e. The van der Waals surface area contributed by atoms with Crippen LogP contribution in [0.2, 0.25) is 0 Å². The molecule has 9 nitrogen and oxygen atoms in total. The molecule has 0 spiro atoms. The van der Waals surface area contributed by atoms with Gasteiger partial charge in [-0.05, 0) is 62.7 Å². The van der Waals surface area contributed by atoms with Gasteiger partial charge in [-0.2, -0.15) is 0 Å². The van der Waals surface area contributed by atoms with Crippen molar-refractivity contribution in [3.63, 3.8) is 0 Å². The topological polar surface area (TPSA) is 113 Å². The summed E-state index contributed by atoms with van der Waals surface area (Å²) in [7, 11) is 1.60. The molecule has 0 saturated carbocycles. The van der Waals surface area contributed by atoms with E-state index in [1.165, 1.54) is 23.5 Å². The number of fused-ring (bicyclic) bond motifs is 2. The molecule has 1 amide bonds. The van der Waals surface area contributed by atoms with Crippen LogP contribution in [-0.4, -0.2) is 51.8 Å². The molecule has 6 aromatic rings. The first-order valence-electron chi connectivity index (χ1n) is 14.5. The first-order chi connectivity index (χ1) is 22.1. The minimum absolute atomic E-state index is 0.0943. The molecule has 0 aliphatic rings. The van der Waals surface area contributed by atoms with Crippen LogP contribution in [0.15, 0.2) is 73.2 Å². The Bertz CT molecular complexity index is 2020. The number of halogens is 1. The highest BCUT2D eigenvalue weighted by Crippen LogP contribution is 2.44. The summed E-state index contributed by atoms with van der Waals surface area (Å²) in [5.41, 5.74) is 9.71. The van der Waals surface area contributed by atoms with Gasteiger partial charge in [0.2, 0.25) is 0 Å². The summed E-state index contributed by atoms with van der Waals surface area (Å²) < 4.78 is 33.0.